The number of amides is 2. The van der Waals surface area contributed by atoms with Crippen molar-refractivity contribution >= 4 is 11.7 Å². The summed E-state index contributed by atoms with van der Waals surface area (Å²) in [5.74, 6) is 0.622. The number of carbonyl (C=O) groups is 1. The molecule has 1 fully saturated rings. The molecule has 2 aromatic carbocycles. The summed E-state index contributed by atoms with van der Waals surface area (Å²) in [5, 5.41) is 2.91. The van der Waals surface area contributed by atoms with Gasteiger partial charge in [-0.25, -0.2) is 9.18 Å². The Hall–Kier alpha value is -2.76. The van der Waals surface area contributed by atoms with Crippen molar-refractivity contribution in [3.63, 3.8) is 0 Å². The average Bonchev–Trinajstić information content (AvgIpc) is 2.69. The highest BCUT2D eigenvalue weighted by Crippen LogP contribution is 2.20. The first-order valence-corrected chi connectivity index (χ1v) is 9.27. The lowest BCUT2D eigenvalue weighted by molar-refractivity contribution is 0.191. The lowest BCUT2D eigenvalue weighted by Crippen LogP contribution is -2.52. The van der Waals surface area contributed by atoms with Gasteiger partial charge in [-0.2, -0.15) is 0 Å². The number of hydrogen-bond donors (Lipinski definition) is 1. The number of benzene rings is 2. The van der Waals surface area contributed by atoms with Crippen LogP contribution < -0.4 is 15.0 Å². The molecule has 1 aliphatic rings. The molecule has 3 rings (SSSR count). The van der Waals surface area contributed by atoms with Gasteiger partial charge in [-0.1, -0.05) is 12.1 Å². The van der Waals surface area contributed by atoms with Crippen molar-refractivity contribution < 1.29 is 13.9 Å². The van der Waals surface area contributed by atoms with Gasteiger partial charge in [0.25, 0.3) is 0 Å². The molecule has 5 nitrogen and oxygen atoms in total. The molecular weight excluding hydrogens is 345 g/mol. The third-order valence-corrected chi connectivity index (χ3v) is 4.95. The van der Waals surface area contributed by atoms with Gasteiger partial charge in [0, 0.05) is 31.9 Å². The minimum atomic E-state index is -0.236. The summed E-state index contributed by atoms with van der Waals surface area (Å²) in [4.78, 5) is 16.3. The van der Waals surface area contributed by atoms with Crippen molar-refractivity contribution in [1.29, 1.82) is 0 Å². The van der Waals surface area contributed by atoms with E-state index in [1.807, 2.05) is 19.1 Å². The van der Waals surface area contributed by atoms with Gasteiger partial charge in [-0.15, -0.1) is 0 Å². The second-order valence-corrected chi connectivity index (χ2v) is 6.73. The summed E-state index contributed by atoms with van der Waals surface area (Å²) in [6, 6.07) is 12.4. The fourth-order valence-electron chi connectivity index (χ4n) is 3.13. The number of piperazine rings is 1. The van der Waals surface area contributed by atoms with Gasteiger partial charge in [0.2, 0.25) is 0 Å². The maximum Gasteiger partial charge on any atom is 0.317 e. The summed E-state index contributed by atoms with van der Waals surface area (Å²) < 4.78 is 18.8. The van der Waals surface area contributed by atoms with E-state index in [1.54, 1.807) is 17.0 Å². The van der Waals surface area contributed by atoms with Crippen LogP contribution in [0.4, 0.5) is 14.9 Å². The average molecular weight is 371 g/mol. The normalized spacial score (nSPS) is 14.2. The molecule has 0 aromatic heterocycles. The zero-order valence-corrected chi connectivity index (χ0v) is 15.9. The summed E-state index contributed by atoms with van der Waals surface area (Å²) in [6.45, 7) is 7.73. The van der Waals surface area contributed by atoms with Crippen LogP contribution in [0.1, 0.15) is 11.1 Å². The summed E-state index contributed by atoms with van der Waals surface area (Å²) in [6.07, 6.45) is 0. The number of nitrogens with one attached hydrogen (secondary N) is 1. The number of aryl methyl sites for hydroxylation is 1. The Kier molecular flexibility index (Phi) is 6.16. The van der Waals surface area contributed by atoms with Crippen LogP contribution in [-0.2, 0) is 0 Å². The Balaban J connectivity index is 1.39. The monoisotopic (exact) mass is 371 g/mol. The molecule has 0 spiro atoms. The van der Waals surface area contributed by atoms with Gasteiger partial charge in [-0.3, -0.25) is 0 Å². The highest BCUT2D eigenvalue weighted by atomic mass is 19.1. The van der Waals surface area contributed by atoms with Gasteiger partial charge in [0.1, 0.15) is 18.2 Å². The van der Waals surface area contributed by atoms with E-state index in [0.29, 0.717) is 26.2 Å². The zero-order valence-electron chi connectivity index (χ0n) is 15.9. The van der Waals surface area contributed by atoms with Crippen LogP contribution in [0.5, 0.6) is 5.75 Å². The molecule has 27 heavy (non-hydrogen) atoms. The second kappa shape index (κ2) is 8.75. The third kappa shape index (κ3) is 4.90. The van der Waals surface area contributed by atoms with E-state index >= 15 is 0 Å². The molecular formula is C21H26FN3O2. The Morgan fingerprint density at radius 3 is 2.48 bits per heavy atom. The molecule has 2 aromatic rings. The second-order valence-electron chi connectivity index (χ2n) is 6.73. The summed E-state index contributed by atoms with van der Waals surface area (Å²) in [7, 11) is 0. The predicted octanol–water partition coefficient (Wildman–Crippen LogP) is 3.35. The largest absolute Gasteiger partial charge is 0.491 e. The molecule has 1 N–H and O–H groups in total. The van der Waals surface area contributed by atoms with E-state index in [-0.39, 0.29) is 11.8 Å². The number of halogens is 1. The number of hydrogen-bond acceptors (Lipinski definition) is 3. The van der Waals surface area contributed by atoms with E-state index in [0.717, 1.165) is 30.1 Å². The number of nitrogens with zero attached hydrogens (tertiary/aromatic N) is 2. The van der Waals surface area contributed by atoms with Crippen molar-refractivity contribution in [2.24, 2.45) is 0 Å². The van der Waals surface area contributed by atoms with Gasteiger partial charge in [0.05, 0.1) is 6.54 Å². The first-order chi connectivity index (χ1) is 13.0. The van der Waals surface area contributed by atoms with Crippen molar-refractivity contribution in [2.75, 3.05) is 44.2 Å². The van der Waals surface area contributed by atoms with Crippen molar-refractivity contribution in [2.45, 2.75) is 13.8 Å². The minimum absolute atomic E-state index is 0.0710. The van der Waals surface area contributed by atoms with E-state index in [2.05, 4.69) is 23.2 Å². The Morgan fingerprint density at radius 1 is 1.07 bits per heavy atom. The molecule has 0 atom stereocenters. The summed E-state index contributed by atoms with van der Waals surface area (Å²) in [5.41, 5.74) is 3.30. The van der Waals surface area contributed by atoms with Gasteiger partial charge in [0.15, 0.2) is 0 Å². The van der Waals surface area contributed by atoms with Crippen LogP contribution in [0.2, 0.25) is 0 Å². The van der Waals surface area contributed by atoms with Crippen LogP contribution in [-0.4, -0.2) is 50.3 Å². The standard InChI is InChI=1S/C21H26FN3O2/c1-16-4-3-5-20(17(16)2)27-15-10-23-21(26)25-13-11-24(12-14-25)19-8-6-18(22)7-9-19/h3-9H,10-15H2,1-2H3,(H,23,26). The summed E-state index contributed by atoms with van der Waals surface area (Å²) >= 11 is 0. The maximum atomic E-state index is 13.0. The Morgan fingerprint density at radius 2 is 1.78 bits per heavy atom. The minimum Gasteiger partial charge on any atom is -0.491 e. The fourth-order valence-corrected chi connectivity index (χ4v) is 3.13. The zero-order chi connectivity index (χ0) is 19.2. The van der Waals surface area contributed by atoms with E-state index in [4.69, 9.17) is 4.74 Å². The van der Waals surface area contributed by atoms with E-state index < -0.39 is 0 Å². The molecule has 0 bridgehead atoms. The number of anilines is 1. The molecule has 0 unspecified atom stereocenters. The predicted molar refractivity (Wildman–Crippen MR) is 105 cm³/mol. The molecule has 0 radical (unpaired) electrons. The van der Waals surface area contributed by atoms with Crippen LogP contribution in [0.25, 0.3) is 0 Å². The Labute approximate surface area is 159 Å². The number of ether oxygens (including phenoxy) is 1. The third-order valence-electron chi connectivity index (χ3n) is 4.95. The van der Waals surface area contributed by atoms with Crippen molar-refractivity contribution in [3.8, 4) is 5.75 Å². The van der Waals surface area contributed by atoms with Gasteiger partial charge < -0.3 is 19.9 Å². The molecule has 6 heteroatoms. The first-order valence-electron chi connectivity index (χ1n) is 9.27. The fraction of sp³-hybridized carbons (Fsp3) is 0.381. The lowest BCUT2D eigenvalue weighted by atomic mass is 10.1. The smallest absolute Gasteiger partial charge is 0.317 e. The molecule has 144 valence electrons. The molecule has 0 saturated carbocycles. The number of urea groups is 1. The van der Waals surface area contributed by atoms with Gasteiger partial charge in [-0.05, 0) is 55.3 Å². The number of carbonyl (C=O) groups excluding carboxylic acids is 1. The SMILES string of the molecule is Cc1cccc(OCCNC(=O)N2CCN(c3ccc(F)cc3)CC2)c1C. The lowest BCUT2D eigenvalue weighted by Gasteiger charge is -2.36. The highest BCUT2D eigenvalue weighted by Gasteiger charge is 2.21. The van der Waals surface area contributed by atoms with Crippen LogP contribution in [0.3, 0.4) is 0 Å². The van der Waals surface area contributed by atoms with Crippen molar-refractivity contribution in [3.05, 3.63) is 59.4 Å². The quantitative estimate of drug-likeness (QED) is 0.820. The molecule has 1 heterocycles. The van der Waals surface area contributed by atoms with E-state index in [9.17, 15) is 9.18 Å². The highest BCUT2D eigenvalue weighted by molar-refractivity contribution is 5.74. The van der Waals surface area contributed by atoms with Crippen LogP contribution in [0, 0.1) is 19.7 Å². The Bertz CT molecular complexity index is 771. The maximum absolute atomic E-state index is 13.0. The van der Waals surface area contributed by atoms with Gasteiger partial charge >= 0.3 is 6.03 Å². The van der Waals surface area contributed by atoms with Crippen molar-refractivity contribution in [1.82, 2.24) is 10.2 Å². The van der Waals surface area contributed by atoms with Crippen LogP contribution >= 0.6 is 0 Å². The molecule has 0 aliphatic carbocycles. The van der Waals surface area contributed by atoms with Crippen LogP contribution in [0.15, 0.2) is 42.5 Å². The van der Waals surface area contributed by atoms with E-state index in [1.165, 1.54) is 17.7 Å². The molecule has 2 amide bonds. The first kappa shape index (κ1) is 19.0. The number of rotatable bonds is 5. The topological polar surface area (TPSA) is 44.8 Å². The molecule has 1 aliphatic heterocycles. The molecule has 1 saturated heterocycles.